The minimum atomic E-state index is -0.450. The maximum absolute atomic E-state index is 14.1. The molecule has 0 radical (unpaired) electrons. The van der Waals surface area contributed by atoms with E-state index in [1.54, 1.807) is 49.1 Å². The Morgan fingerprint density at radius 3 is 2.64 bits per heavy atom. The molecule has 5 aromatic rings. The van der Waals surface area contributed by atoms with Crippen LogP contribution in [0.2, 0.25) is 0 Å². The molecule has 44 heavy (non-hydrogen) atoms. The molecule has 9 nitrogen and oxygen atoms in total. The molecule has 0 saturated heterocycles. The lowest BCUT2D eigenvalue weighted by Crippen LogP contribution is -2.38. The Balaban J connectivity index is 1.40. The lowest BCUT2D eigenvalue weighted by atomic mass is 9.83. The Kier molecular flexibility index (Phi) is 7.06. The van der Waals surface area contributed by atoms with Crippen LogP contribution >= 0.6 is 27.3 Å². The molecule has 220 valence electrons. The van der Waals surface area contributed by atoms with Crippen LogP contribution in [-0.4, -0.2) is 23.7 Å². The lowest BCUT2D eigenvalue weighted by molar-refractivity contribution is -0.384. The lowest BCUT2D eigenvalue weighted by Gasteiger charge is -2.31. The van der Waals surface area contributed by atoms with Crippen LogP contribution in [0.25, 0.3) is 23.1 Å². The molecule has 1 aliphatic carbocycles. The molecule has 0 fully saturated rings. The van der Waals surface area contributed by atoms with Crippen molar-refractivity contribution in [2.24, 2.45) is 4.99 Å². The first-order chi connectivity index (χ1) is 21.4. The van der Waals surface area contributed by atoms with Gasteiger partial charge >= 0.3 is 0 Å². The quantitative estimate of drug-likeness (QED) is 0.156. The summed E-state index contributed by atoms with van der Waals surface area (Å²) in [6.45, 7) is 0. The standard InChI is InChI=1S/C33H24BrN3O6S/c1-41-27-13-8-19(15-28(27)42-2)31-24-11-7-18-5-3-4-6-22(18)30(24)35-33-36(31)32(38)29(44-33)17-21-10-14-26(43-21)23-12-9-20(34)16-25(23)37(39)40/h3-6,8-10,12-17,31H,7,11H2,1-2H3/b29-17-/t31-/m0/s1. The molecular formula is C33H24BrN3O6S. The Morgan fingerprint density at radius 1 is 1.02 bits per heavy atom. The molecule has 11 heteroatoms. The second kappa shape index (κ2) is 11.1. The number of benzene rings is 3. The fourth-order valence-electron chi connectivity index (χ4n) is 5.91. The smallest absolute Gasteiger partial charge is 0.281 e. The van der Waals surface area contributed by atoms with Crippen LogP contribution < -0.4 is 24.4 Å². The van der Waals surface area contributed by atoms with Crippen molar-refractivity contribution in [3.05, 3.63) is 135 Å². The molecule has 0 amide bonds. The van der Waals surface area contributed by atoms with E-state index < -0.39 is 11.0 Å². The van der Waals surface area contributed by atoms with Crippen LogP contribution in [0, 0.1) is 10.1 Å². The number of furan rings is 1. The molecule has 0 N–H and O–H groups in total. The second-order valence-electron chi connectivity index (χ2n) is 10.3. The van der Waals surface area contributed by atoms with Crippen molar-refractivity contribution in [2.75, 3.05) is 14.2 Å². The zero-order chi connectivity index (χ0) is 30.5. The first-order valence-corrected chi connectivity index (χ1v) is 15.4. The summed E-state index contributed by atoms with van der Waals surface area (Å²) >= 11 is 4.57. The Hall–Kier alpha value is -4.74. The van der Waals surface area contributed by atoms with Crippen LogP contribution in [0.4, 0.5) is 5.69 Å². The molecular weight excluding hydrogens is 646 g/mol. The number of allylic oxidation sites excluding steroid dienone is 1. The van der Waals surface area contributed by atoms with E-state index in [2.05, 4.69) is 28.1 Å². The molecule has 0 unspecified atom stereocenters. The van der Waals surface area contributed by atoms with Gasteiger partial charge in [0.1, 0.15) is 11.5 Å². The summed E-state index contributed by atoms with van der Waals surface area (Å²) in [5.41, 5.74) is 5.21. The van der Waals surface area contributed by atoms with Gasteiger partial charge in [-0.05, 0) is 65.9 Å². The minimum Gasteiger partial charge on any atom is -0.493 e. The van der Waals surface area contributed by atoms with Crippen LogP contribution in [0.15, 0.2) is 97.0 Å². The number of nitro benzene ring substituents is 1. The topological polar surface area (TPSA) is 109 Å². The first-order valence-electron chi connectivity index (χ1n) is 13.8. The highest BCUT2D eigenvalue weighted by Crippen LogP contribution is 2.43. The number of hydrogen-bond donors (Lipinski definition) is 0. The molecule has 1 atom stereocenters. The van der Waals surface area contributed by atoms with Crippen molar-refractivity contribution < 1.29 is 18.8 Å². The number of thiazole rings is 1. The molecule has 7 rings (SSSR count). The van der Waals surface area contributed by atoms with E-state index in [0.717, 1.165) is 35.2 Å². The number of nitro groups is 1. The number of aryl methyl sites for hydroxylation is 1. The zero-order valence-corrected chi connectivity index (χ0v) is 26.0. The fourth-order valence-corrected chi connectivity index (χ4v) is 7.24. The number of fused-ring (bicyclic) bond motifs is 3. The third kappa shape index (κ3) is 4.68. The van der Waals surface area contributed by atoms with Crippen molar-refractivity contribution in [1.29, 1.82) is 0 Å². The van der Waals surface area contributed by atoms with E-state index in [-0.39, 0.29) is 11.2 Å². The average Bonchev–Trinajstić information content (AvgIpc) is 3.63. The zero-order valence-electron chi connectivity index (χ0n) is 23.6. The van der Waals surface area contributed by atoms with Crippen molar-refractivity contribution in [2.45, 2.75) is 18.9 Å². The van der Waals surface area contributed by atoms with E-state index in [1.165, 1.54) is 23.0 Å². The van der Waals surface area contributed by atoms with Crippen LogP contribution in [0.1, 0.15) is 34.9 Å². The Bertz CT molecular complexity index is 2200. The molecule has 1 aliphatic heterocycles. The van der Waals surface area contributed by atoms with Crippen molar-refractivity contribution in [1.82, 2.24) is 4.57 Å². The third-order valence-electron chi connectivity index (χ3n) is 7.92. The van der Waals surface area contributed by atoms with Gasteiger partial charge in [0.2, 0.25) is 0 Å². The Labute approximate surface area is 263 Å². The predicted molar refractivity (Wildman–Crippen MR) is 171 cm³/mol. The highest BCUT2D eigenvalue weighted by molar-refractivity contribution is 9.10. The van der Waals surface area contributed by atoms with Gasteiger partial charge in [0.05, 0.1) is 41.0 Å². The highest BCUT2D eigenvalue weighted by Gasteiger charge is 2.33. The normalized spacial score (nSPS) is 15.7. The fraction of sp³-hybridized carbons (Fsp3) is 0.152. The number of rotatable bonds is 6. The highest BCUT2D eigenvalue weighted by atomic mass is 79.9. The number of methoxy groups -OCH3 is 2. The van der Waals surface area contributed by atoms with E-state index in [1.807, 2.05) is 30.3 Å². The largest absolute Gasteiger partial charge is 0.493 e. The maximum atomic E-state index is 14.1. The van der Waals surface area contributed by atoms with Gasteiger partial charge in [0.25, 0.3) is 11.2 Å². The van der Waals surface area contributed by atoms with Crippen LogP contribution in [-0.2, 0) is 6.42 Å². The number of nitrogens with zero attached hydrogens (tertiary/aromatic N) is 3. The summed E-state index contributed by atoms with van der Waals surface area (Å²) in [6.07, 6.45) is 3.27. The van der Waals surface area contributed by atoms with E-state index in [0.29, 0.717) is 42.4 Å². The molecule has 0 bridgehead atoms. The van der Waals surface area contributed by atoms with Crippen LogP contribution in [0.3, 0.4) is 0 Å². The van der Waals surface area contributed by atoms with Gasteiger partial charge in [-0.2, -0.15) is 0 Å². The van der Waals surface area contributed by atoms with E-state index >= 15 is 0 Å². The third-order valence-corrected chi connectivity index (χ3v) is 9.39. The van der Waals surface area contributed by atoms with E-state index in [9.17, 15) is 14.9 Å². The summed E-state index contributed by atoms with van der Waals surface area (Å²) in [4.78, 5) is 31.0. The maximum Gasteiger partial charge on any atom is 0.281 e. The van der Waals surface area contributed by atoms with Gasteiger partial charge < -0.3 is 13.9 Å². The van der Waals surface area contributed by atoms with Gasteiger partial charge in [-0.25, -0.2) is 4.99 Å². The van der Waals surface area contributed by atoms with Crippen molar-refractivity contribution in [3.63, 3.8) is 0 Å². The number of aromatic nitrogens is 1. The van der Waals surface area contributed by atoms with Gasteiger partial charge in [-0.3, -0.25) is 19.5 Å². The molecule has 2 aromatic heterocycles. The Morgan fingerprint density at radius 2 is 1.84 bits per heavy atom. The summed E-state index contributed by atoms with van der Waals surface area (Å²) in [5.74, 6) is 1.91. The van der Waals surface area contributed by atoms with Crippen molar-refractivity contribution in [3.8, 4) is 22.8 Å². The summed E-state index contributed by atoms with van der Waals surface area (Å²) in [5, 5.41) is 11.7. The average molecular weight is 671 g/mol. The SMILES string of the molecule is COc1ccc([C@H]2C3=C(N=c4s/c(=C\c5ccc(-c6ccc(Br)cc6[N+](=O)[O-])o5)c(=O)n42)c2ccccc2CC3)cc1OC. The summed E-state index contributed by atoms with van der Waals surface area (Å²) in [7, 11) is 3.18. The van der Waals surface area contributed by atoms with E-state index in [4.69, 9.17) is 18.9 Å². The molecule has 3 heterocycles. The van der Waals surface area contributed by atoms with Crippen LogP contribution in [0.5, 0.6) is 11.5 Å². The van der Waals surface area contributed by atoms with Gasteiger partial charge in [-0.15, -0.1) is 0 Å². The minimum absolute atomic E-state index is 0.0829. The van der Waals surface area contributed by atoms with Crippen molar-refractivity contribution >= 4 is 44.7 Å². The summed E-state index contributed by atoms with van der Waals surface area (Å²) in [6, 6.07) is 21.7. The van der Waals surface area contributed by atoms with Gasteiger partial charge in [0.15, 0.2) is 16.3 Å². The number of halogens is 1. The first kappa shape index (κ1) is 28.1. The predicted octanol–water partition coefficient (Wildman–Crippen LogP) is 6.27. The number of hydrogen-bond acceptors (Lipinski definition) is 8. The molecule has 3 aromatic carbocycles. The van der Waals surface area contributed by atoms with Gasteiger partial charge in [0, 0.05) is 22.2 Å². The molecule has 2 aliphatic rings. The monoisotopic (exact) mass is 669 g/mol. The second-order valence-corrected chi connectivity index (χ2v) is 12.3. The molecule has 0 saturated carbocycles. The van der Waals surface area contributed by atoms with Gasteiger partial charge in [-0.1, -0.05) is 57.6 Å². The summed E-state index contributed by atoms with van der Waals surface area (Å²) < 4.78 is 19.9. The molecule has 0 spiro atoms. The number of ether oxygens (including phenoxy) is 2.